The molecule has 5 nitrogen and oxygen atoms in total. The van der Waals surface area contributed by atoms with Crippen molar-refractivity contribution in [2.24, 2.45) is 17.8 Å². The first-order valence-corrected chi connectivity index (χ1v) is 10.3. The third kappa shape index (κ3) is 5.36. The van der Waals surface area contributed by atoms with Crippen LogP contribution >= 0.6 is 0 Å². The quantitative estimate of drug-likeness (QED) is 0.554. The molecule has 1 saturated heterocycles. The first kappa shape index (κ1) is 21.3. The molecule has 1 aromatic carbocycles. The van der Waals surface area contributed by atoms with Crippen LogP contribution in [0.2, 0.25) is 0 Å². The zero-order valence-electron chi connectivity index (χ0n) is 17.3. The van der Waals surface area contributed by atoms with E-state index in [9.17, 15) is 14.7 Å². The number of benzene rings is 1. The Morgan fingerprint density at radius 2 is 2.03 bits per heavy atom. The summed E-state index contributed by atoms with van der Waals surface area (Å²) in [6.45, 7) is 6.08. The van der Waals surface area contributed by atoms with Crippen LogP contribution in [-0.4, -0.2) is 35.4 Å². The van der Waals surface area contributed by atoms with Gasteiger partial charge in [-0.15, -0.1) is 0 Å². The molecule has 1 aromatic rings. The zero-order chi connectivity index (χ0) is 21.0. The number of carbonyl (C=O) groups excluding carboxylic acids is 2. The van der Waals surface area contributed by atoms with E-state index in [0.717, 1.165) is 6.42 Å². The van der Waals surface area contributed by atoms with Crippen LogP contribution in [0.3, 0.4) is 0 Å². The Morgan fingerprint density at radius 3 is 2.72 bits per heavy atom. The molecule has 2 fully saturated rings. The molecule has 0 aromatic heterocycles. The van der Waals surface area contributed by atoms with Gasteiger partial charge in [-0.3, -0.25) is 4.79 Å². The molecular formula is C24H30O5. The lowest BCUT2D eigenvalue weighted by Crippen LogP contribution is -2.25. The molecule has 0 spiro atoms. The second kappa shape index (κ2) is 9.40. The van der Waals surface area contributed by atoms with Crippen molar-refractivity contribution >= 4 is 11.9 Å². The average molecular weight is 398 g/mol. The van der Waals surface area contributed by atoms with E-state index in [2.05, 4.69) is 6.08 Å². The molecule has 0 amide bonds. The lowest BCUT2D eigenvalue weighted by Gasteiger charge is -2.21. The second-order valence-electron chi connectivity index (χ2n) is 8.39. The Balaban J connectivity index is 1.70. The van der Waals surface area contributed by atoms with Crippen LogP contribution in [0, 0.1) is 17.8 Å². The summed E-state index contributed by atoms with van der Waals surface area (Å²) in [5.41, 5.74) is 1.72. The number of hydrogen-bond acceptors (Lipinski definition) is 5. The number of aliphatic hydroxyl groups excluding tert-OH is 1. The van der Waals surface area contributed by atoms with E-state index in [1.165, 1.54) is 5.57 Å². The summed E-state index contributed by atoms with van der Waals surface area (Å²) in [6, 6.07) is 8.88. The molecule has 1 saturated carbocycles. The Bertz CT molecular complexity index is 778. The number of fused-ring (bicyclic) bond motifs is 1. The molecule has 0 radical (unpaired) electrons. The third-order valence-electron chi connectivity index (χ3n) is 5.83. The highest BCUT2D eigenvalue weighted by molar-refractivity contribution is 5.89. The summed E-state index contributed by atoms with van der Waals surface area (Å²) >= 11 is 0. The van der Waals surface area contributed by atoms with Crippen molar-refractivity contribution in [1.29, 1.82) is 0 Å². The Labute approximate surface area is 172 Å². The Kier molecular flexibility index (Phi) is 6.91. The maximum Gasteiger partial charge on any atom is 0.338 e. The van der Waals surface area contributed by atoms with Crippen LogP contribution in [-0.2, 0) is 14.3 Å². The molecule has 3 rings (SSSR count). The van der Waals surface area contributed by atoms with E-state index in [0.29, 0.717) is 18.4 Å². The van der Waals surface area contributed by atoms with E-state index in [1.54, 1.807) is 30.3 Å². The summed E-state index contributed by atoms with van der Waals surface area (Å²) in [7, 11) is 0. The number of rotatable bonds is 7. The fourth-order valence-electron chi connectivity index (χ4n) is 4.06. The number of hydrogen-bond donors (Lipinski definition) is 1. The Hall–Kier alpha value is -2.40. The monoisotopic (exact) mass is 398 g/mol. The van der Waals surface area contributed by atoms with E-state index in [4.69, 9.17) is 9.47 Å². The van der Waals surface area contributed by atoms with E-state index in [-0.39, 0.29) is 41.9 Å². The number of carbonyl (C=O) groups is 2. The zero-order valence-corrected chi connectivity index (χ0v) is 17.3. The lowest BCUT2D eigenvalue weighted by atomic mass is 9.90. The number of aliphatic hydroxyl groups is 1. The summed E-state index contributed by atoms with van der Waals surface area (Å²) in [6.07, 6.45) is 6.21. The number of allylic oxidation sites excluding steroid dienone is 2. The van der Waals surface area contributed by atoms with Crippen LogP contribution < -0.4 is 0 Å². The van der Waals surface area contributed by atoms with Gasteiger partial charge in [0.25, 0.3) is 0 Å². The fourth-order valence-corrected chi connectivity index (χ4v) is 4.06. The Morgan fingerprint density at radius 1 is 1.31 bits per heavy atom. The van der Waals surface area contributed by atoms with Crippen LogP contribution in [0.1, 0.15) is 50.4 Å². The van der Waals surface area contributed by atoms with Crippen molar-refractivity contribution in [2.75, 3.05) is 0 Å². The van der Waals surface area contributed by atoms with Gasteiger partial charge in [0.05, 0.1) is 18.1 Å². The van der Waals surface area contributed by atoms with E-state index < -0.39 is 6.10 Å². The van der Waals surface area contributed by atoms with Gasteiger partial charge in [-0.05, 0) is 38.3 Å². The minimum atomic E-state index is -0.604. The normalized spacial score (nSPS) is 27.9. The summed E-state index contributed by atoms with van der Waals surface area (Å²) in [4.78, 5) is 24.3. The second-order valence-corrected chi connectivity index (χ2v) is 8.39. The molecule has 0 bridgehead atoms. The van der Waals surface area contributed by atoms with E-state index in [1.807, 2.05) is 32.9 Å². The van der Waals surface area contributed by atoms with Crippen molar-refractivity contribution in [3.63, 3.8) is 0 Å². The van der Waals surface area contributed by atoms with Crippen LogP contribution in [0.15, 0.2) is 54.1 Å². The van der Waals surface area contributed by atoms with Gasteiger partial charge in [0.1, 0.15) is 12.2 Å². The van der Waals surface area contributed by atoms with Crippen molar-refractivity contribution in [1.82, 2.24) is 0 Å². The topological polar surface area (TPSA) is 72.8 Å². The van der Waals surface area contributed by atoms with Crippen molar-refractivity contribution in [2.45, 2.75) is 58.3 Å². The first-order chi connectivity index (χ1) is 13.8. The maximum absolute atomic E-state index is 12.5. The highest BCUT2D eigenvalue weighted by Gasteiger charge is 2.50. The number of esters is 2. The van der Waals surface area contributed by atoms with Gasteiger partial charge in [0.15, 0.2) is 0 Å². The molecule has 1 unspecified atom stereocenters. The summed E-state index contributed by atoms with van der Waals surface area (Å²) < 4.78 is 11.2. The predicted molar refractivity (Wildman–Crippen MR) is 110 cm³/mol. The molecule has 29 heavy (non-hydrogen) atoms. The number of ether oxygens (including phenoxy) is 2. The van der Waals surface area contributed by atoms with Gasteiger partial charge in [-0.25, -0.2) is 4.79 Å². The van der Waals surface area contributed by atoms with Crippen LogP contribution in [0.5, 0.6) is 0 Å². The third-order valence-corrected chi connectivity index (χ3v) is 5.83. The summed E-state index contributed by atoms with van der Waals surface area (Å²) in [5.74, 6) is -0.677. The van der Waals surface area contributed by atoms with Gasteiger partial charge in [-0.2, -0.15) is 0 Å². The first-order valence-electron chi connectivity index (χ1n) is 10.3. The lowest BCUT2D eigenvalue weighted by molar-refractivity contribution is -0.141. The van der Waals surface area contributed by atoms with Gasteiger partial charge in [0, 0.05) is 18.3 Å². The molecule has 1 aliphatic heterocycles. The fraction of sp³-hybridized carbons (Fsp3) is 0.500. The standard InChI is InChI=1S/C24H30O5/c1-15(2)9-10-16(3)20(25)12-11-18-19-13-23(26)28-22(19)14-21(18)29-24(27)17-7-5-4-6-8-17/h4-9,11-12,16,18-22,25H,10,13-14H2,1-3H3/b12-11+/t16?,18-,19-,20+,21-,22+/m1/s1. The van der Waals surface area contributed by atoms with Gasteiger partial charge < -0.3 is 14.6 Å². The molecule has 5 heteroatoms. The van der Waals surface area contributed by atoms with Crippen molar-refractivity contribution in [3.8, 4) is 0 Å². The summed E-state index contributed by atoms with van der Waals surface area (Å²) in [5, 5.41) is 10.5. The molecule has 6 atom stereocenters. The molecule has 1 N–H and O–H groups in total. The van der Waals surface area contributed by atoms with Gasteiger partial charge in [-0.1, -0.05) is 48.9 Å². The highest BCUT2D eigenvalue weighted by atomic mass is 16.6. The van der Waals surface area contributed by atoms with Crippen LogP contribution in [0.4, 0.5) is 0 Å². The van der Waals surface area contributed by atoms with Crippen molar-refractivity contribution in [3.05, 3.63) is 59.7 Å². The minimum Gasteiger partial charge on any atom is -0.462 e. The smallest absolute Gasteiger partial charge is 0.338 e. The molecule has 156 valence electrons. The average Bonchev–Trinajstić information content (AvgIpc) is 3.20. The SMILES string of the molecule is CC(C)=CCC(C)[C@@H](O)/C=C/[C@@H]1[C@H]2CC(=O)O[C@H]2C[C@H]1OC(=O)c1ccccc1. The molecule has 2 aliphatic rings. The largest absolute Gasteiger partial charge is 0.462 e. The molecule has 1 aliphatic carbocycles. The maximum atomic E-state index is 12.5. The predicted octanol–water partition coefficient (Wildman–Crippen LogP) is 4.07. The minimum absolute atomic E-state index is 0.0207. The van der Waals surface area contributed by atoms with Gasteiger partial charge >= 0.3 is 11.9 Å². The van der Waals surface area contributed by atoms with E-state index >= 15 is 0 Å². The molecular weight excluding hydrogens is 368 g/mol. The highest BCUT2D eigenvalue weighted by Crippen LogP contribution is 2.43. The van der Waals surface area contributed by atoms with Gasteiger partial charge in [0.2, 0.25) is 0 Å². The molecule has 1 heterocycles. The van der Waals surface area contributed by atoms with Crippen molar-refractivity contribution < 1.29 is 24.2 Å². The van der Waals surface area contributed by atoms with Crippen LogP contribution in [0.25, 0.3) is 0 Å².